The van der Waals surface area contributed by atoms with Crippen molar-refractivity contribution in [1.29, 1.82) is 0 Å². The number of aromatic amines is 1. The number of thiazole rings is 1. The topological polar surface area (TPSA) is 87.7 Å². The van der Waals surface area contributed by atoms with Gasteiger partial charge < -0.3 is 10.3 Å². The standard InChI is InChI=1S/C17H24N4O2S/c1-6-14(16-18-9(2)12(5)24-16)21-15(22)8-7-13-10(3)19-17(23)20-11(13)4/h14H,6-8H2,1-5H3,(H,21,22)(H,19,20,23). The average Bonchev–Trinajstić information content (AvgIpc) is 2.83. The number of H-pyrrole nitrogens is 1. The second-order valence-corrected chi connectivity index (χ2v) is 7.19. The van der Waals surface area contributed by atoms with E-state index in [-0.39, 0.29) is 17.6 Å². The smallest absolute Gasteiger partial charge is 0.345 e. The van der Waals surface area contributed by atoms with Gasteiger partial charge in [0.2, 0.25) is 5.91 Å². The third-order valence-electron chi connectivity index (χ3n) is 4.14. The minimum absolute atomic E-state index is 0.0163. The normalized spacial score (nSPS) is 12.2. The number of nitrogens with one attached hydrogen (secondary N) is 2. The van der Waals surface area contributed by atoms with Crippen molar-refractivity contribution >= 4 is 17.2 Å². The summed E-state index contributed by atoms with van der Waals surface area (Å²) < 4.78 is 0. The van der Waals surface area contributed by atoms with Crippen LogP contribution >= 0.6 is 11.3 Å². The summed E-state index contributed by atoms with van der Waals surface area (Å²) >= 11 is 1.63. The van der Waals surface area contributed by atoms with Crippen molar-refractivity contribution < 1.29 is 4.79 Å². The van der Waals surface area contributed by atoms with E-state index < -0.39 is 0 Å². The molecule has 6 nitrogen and oxygen atoms in total. The Morgan fingerprint density at radius 2 is 1.92 bits per heavy atom. The van der Waals surface area contributed by atoms with Gasteiger partial charge in [-0.3, -0.25) is 4.79 Å². The Labute approximate surface area is 145 Å². The molecule has 0 fully saturated rings. The summed E-state index contributed by atoms with van der Waals surface area (Å²) in [6, 6.07) is -0.0502. The number of aryl methyl sites for hydroxylation is 4. The molecule has 130 valence electrons. The van der Waals surface area contributed by atoms with Gasteiger partial charge in [-0.15, -0.1) is 11.3 Å². The van der Waals surface area contributed by atoms with Crippen molar-refractivity contribution in [2.24, 2.45) is 0 Å². The highest BCUT2D eigenvalue weighted by Gasteiger charge is 2.18. The van der Waals surface area contributed by atoms with Crippen molar-refractivity contribution in [2.75, 3.05) is 0 Å². The summed E-state index contributed by atoms with van der Waals surface area (Å²) in [6.07, 6.45) is 1.71. The van der Waals surface area contributed by atoms with E-state index in [1.807, 2.05) is 27.7 Å². The van der Waals surface area contributed by atoms with Crippen LogP contribution in [0.3, 0.4) is 0 Å². The van der Waals surface area contributed by atoms with Gasteiger partial charge in [0.05, 0.1) is 11.7 Å². The predicted molar refractivity (Wildman–Crippen MR) is 95.4 cm³/mol. The minimum atomic E-state index is -0.348. The maximum absolute atomic E-state index is 12.3. The van der Waals surface area contributed by atoms with Gasteiger partial charge in [-0.1, -0.05) is 6.92 Å². The number of aromatic nitrogens is 3. The monoisotopic (exact) mass is 348 g/mol. The zero-order chi connectivity index (χ0) is 17.9. The number of nitrogens with zero attached hydrogens (tertiary/aromatic N) is 2. The largest absolute Gasteiger partial charge is 0.347 e. The van der Waals surface area contributed by atoms with Crippen molar-refractivity contribution in [3.05, 3.63) is 43.0 Å². The van der Waals surface area contributed by atoms with Crippen LogP contribution in [-0.2, 0) is 11.2 Å². The lowest BCUT2D eigenvalue weighted by Crippen LogP contribution is -2.28. The molecule has 1 atom stereocenters. The van der Waals surface area contributed by atoms with Crippen LogP contribution < -0.4 is 11.0 Å². The fourth-order valence-corrected chi connectivity index (χ4v) is 3.67. The molecule has 0 saturated heterocycles. The first kappa shape index (κ1) is 18.3. The maximum Gasteiger partial charge on any atom is 0.345 e. The Balaban J connectivity index is 2.01. The second kappa shape index (κ2) is 7.70. The van der Waals surface area contributed by atoms with Crippen LogP contribution in [-0.4, -0.2) is 20.9 Å². The summed E-state index contributed by atoms with van der Waals surface area (Å²) in [5.74, 6) is -0.0163. The van der Waals surface area contributed by atoms with Crippen LogP contribution in [0.1, 0.15) is 58.3 Å². The van der Waals surface area contributed by atoms with E-state index in [0.717, 1.165) is 28.4 Å². The van der Waals surface area contributed by atoms with Gasteiger partial charge in [-0.2, -0.15) is 4.98 Å². The Hall–Kier alpha value is -2.02. The number of carbonyl (C=O) groups is 1. The SMILES string of the molecule is CCC(NC(=O)CCc1c(C)nc(=O)[nH]c1C)c1nc(C)c(C)s1. The van der Waals surface area contributed by atoms with Crippen molar-refractivity contribution in [2.45, 2.75) is 59.9 Å². The molecular formula is C17H24N4O2S. The Kier molecular flexibility index (Phi) is 5.88. The van der Waals surface area contributed by atoms with Crippen LogP contribution in [0.2, 0.25) is 0 Å². The van der Waals surface area contributed by atoms with E-state index in [9.17, 15) is 9.59 Å². The van der Waals surface area contributed by atoms with Gasteiger partial charge in [0.25, 0.3) is 0 Å². The molecule has 2 aromatic rings. The van der Waals surface area contributed by atoms with Gasteiger partial charge in [-0.25, -0.2) is 9.78 Å². The van der Waals surface area contributed by atoms with Gasteiger partial charge in [-0.05, 0) is 46.1 Å². The molecule has 0 radical (unpaired) electrons. The molecule has 2 N–H and O–H groups in total. The quantitative estimate of drug-likeness (QED) is 0.840. The Bertz CT molecular complexity index is 749. The lowest BCUT2D eigenvalue weighted by Gasteiger charge is -2.15. The number of rotatable bonds is 6. The third-order valence-corrected chi connectivity index (χ3v) is 5.33. The number of hydrogen-bond acceptors (Lipinski definition) is 5. The zero-order valence-corrected chi connectivity index (χ0v) is 15.6. The van der Waals surface area contributed by atoms with Gasteiger partial charge in [0, 0.05) is 22.7 Å². The Morgan fingerprint density at radius 1 is 1.21 bits per heavy atom. The minimum Gasteiger partial charge on any atom is -0.347 e. The average molecular weight is 348 g/mol. The molecule has 2 heterocycles. The highest BCUT2D eigenvalue weighted by atomic mass is 32.1. The molecule has 0 aliphatic carbocycles. The lowest BCUT2D eigenvalue weighted by atomic mass is 10.1. The molecule has 1 amide bonds. The first-order valence-electron chi connectivity index (χ1n) is 8.11. The lowest BCUT2D eigenvalue weighted by molar-refractivity contribution is -0.121. The molecule has 1 unspecified atom stereocenters. The highest BCUT2D eigenvalue weighted by Crippen LogP contribution is 2.25. The maximum atomic E-state index is 12.3. The molecule has 0 bridgehead atoms. The zero-order valence-electron chi connectivity index (χ0n) is 14.8. The first-order valence-corrected chi connectivity index (χ1v) is 8.93. The fourth-order valence-electron chi connectivity index (χ4n) is 2.61. The summed E-state index contributed by atoms with van der Waals surface area (Å²) in [5.41, 5.74) is 3.06. The van der Waals surface area contributed by atoms with Crippen LogP contribution in [0, 0.1) is 27.7 Å². The van der Waals surface area contributed by atoms with Crippen LogP contribution in [0.4, 0.5) is 0 Å². The second-order valence-electron chi connectivity index (χ2n) is 5.95. The molecule has 24 heavy (non-hydrogen) atoms. The molecule has 0 aliphatic heterocycles. The molecular weight excluding hydrogens is 324 g/mol. The molecule has 0 spiro atoms. The van der Waals surface area contributed by atoms with Crippen molar-refractivity contribution in [3.63, 3.8) is 0 Å². The van der Waals surface area contributed by atoms with E-state index in [1.165, 1.54) is 4.88 Å². The third kappa shape index (κ3) is 4.29. The van der Waals surface area contributed by atoms with Gasteiger partial charge in [0.1, 0.15) is 5.01 Å². The van der Waals surface area contributed by atoms with Crippen LogP contribution in [0.5, 0.6) is 0 Å². The van der Waals surface area contributed by atoms with Crippen LogP contribution in [0.15, 0.2) is 4.79 Å². The van der Waals surface area contributed by atoms with E-state index in [1.54, 1.807) is 18.3 Å². The molecule has 0 saturated carbocycles. The fraction of sp³-hybridized carbons (Fsp3) is 0.529. The van der Waals surface area contributed by atoms with E-state index in [4.69, 9.17) is 0 Å². The molecule has 2 rings (SSSR count). The van der Waals surface area contributed by atoms with Crippen LogP contribution in [0.25, 0.3) is 0 Å². The van der Waals surface area contributed by atoms with E-state index >= 15 is 0 Å². The molecule has 7 heteroatoms. The molecule has 0 aliphatic rings. The van der Waals surface area contributed by atoms with Crippen molar-refractivity contribution in [3.8, 4) is 0 Å². The highest BCUT2D eigenvalue weighted by molar-refractivity contribution is 7.11. The summed E-state index contributed by atoms with van der Waals surface area (Å²) in [4.78, 5) is 35.9. The summed E-state index contributed by atoms with van der Waals surface area (Å²) in [7, 11) is 0. The molecule has 0 aromatic carbocycles. The van der Waals surface area contributed by atoms with Gasteiger partial charge in [0.15, 0.2) is 0 Å². The summed E-state index contributed by atoms with van der Waals surface area (Å²) in [5, 5.41) is 4.02. The number of hydrogen-bond donors (Lipinski definition) is 2. The first-order chi connectivity index (χ1) is 11.3. The molecule has 2 aromatic heterocycles. The van der Waals surface area contributed by atoms with E-state index in [2.05, 4.69) is 20.3 Å². The van der Waals surface area contributed by atoms with E-state index in [0.29, 0.717) is 18.5 Å². The summed E-state index contributed by atoms with van der Waals surface area (Å²) in [6.45, 7) is 9.69. The Morgan fingerprint density at radius 3 is 2.46 bits per heavy atom. The van der Waals surface area contributed by atoms with Crippen molar-refractivity contribution in [1.82, 2.24) is 20.3 Å². The number of amides is 1. The number of carbonyl (C=O) groups excluding carboxylic acids is 1. The predicted octanol–water partition coefficient (Wildman–Crippen LogP) is 2.66. The van der Waals surface area contributed by atoms with Gasteiger partial charge >= 0.3 is 5.69 Å².